The van der Waals surface area contributed by atoms with Crippen molar-refractivity contribution < 1.29 is 4.39 Å². The summed E-state index contributed by atoms with van der Waals surface area (Å²) in [5, 5.41) is 0. The molecule has 1 aliphatic rings. The molecule has 1 aliphatic carbocycles. The van der Waals surface area contributed by atoms with Gasteiger partial charge in [0.2, 0.25) is 0 Å². The Labute approximate surface area is 103 Å². The first kappa shape index (κ1) is 12.2. The molecule has 2 nitrogen and oxygen atoms in total. The molecule has 0 bridgehead atoms. The van der Waals surface area contributed by atoms with Crippen molar-refractivity contribution in [2.24, 2.45) is 5.92 Å². The third-order valence-corrected chi connectivity index (χ3v) is 3.90. The van der Waals surface area contributed by atoms with Gasteiger partial charge in [0.25, 0.3) is 0 Å². The lowest BCUT2D eigenvalue weighted by atomic mass is 9.86. The molecule has 0 heterocycles. The maximum absolute atomic E-state index is 13.0. The molecule has 0 unspecified atom stereocenters. The highest BCUT2D eigenvalue weighted by Gasteiger charge is 2.22. The van der Waals surface area contributed by atoms with Crippen LogP contribution in [0.5, 0.6) is 0 Å². The first-order chi connectivity index (χ1) is 8.08. The van der Waals surface area contributed by atoms with Gasteiger partial charge in [-0.3, -0.25) is 0 Å². The molecule has 1 aromatic rings. The van der Waals surface area contributed by atoms with Gasteiger partial charge in [-0.15, -0.1) is 0 Å². The van der Waals surface area contributed by atoms with E-state index in [0.717, 1.165) is 11.6 Å². The zero-order valence-electron chi connectivity index (χ0n) is 10.6. The van der Waals surface area contributed by atoms with E-state index < -0.39 is 0 Å². The number of nitrogens with two attached hydrogens (primary N) is 1. The van der Waals surface area contributed by atoms with Crippen molar-refractivity contribution in [2.75, 3.05) is 17.7 Å². The zero-order valence-corrected chi connectivity index (χ0v) is 10.6. The average Bonchev–Trinajstić information content (AvgIpc) is 2.29. The van der Waals surface area contributed by atoms with Gasteiger partial charge in [0, 0.05) is 13.1 Å². The number of halogens is 1. The van der Waals surface area contributed by atoms with Gasteiger partial charge < -0.3 is 10.6 Å². The van der Waals surface area contributed by atoms with E-state index in [1.165, 1.54) is 37.8 Å². The SMILES string of the molecule is CC1CCC(N(C)c2ccc(F)cc2N)CC1. The Bertz CT molecular complexity index is 384. The summed E-state index contributed by atoms with van der Waals surface area (Å²) in [5.41, 5.74) is 7.36. The number of benzene rings is 1. The molecule has 2 N–H and O–H groups in total. The fourth-order valence-corrected chi connectivity index (χ4v) is 2.67. The van der Waals surface area contributed by atoms with Crippen molar-refractivity contribution >= 4 is 11.4 Å². The summed E-state index contributed by atoms with van der Waals surface area (Å²) in [6.07, 6.45) is 4.95. The van der Waals surface area contributed by atoms with Crippen LogP contribution in [0.1, 0.15) is 32.6 Å². The van der Waals surface area contributed by atoms with E-state index in [1.807, 2.05) is 0 Å². The van der Waals surface area contributed by atoms with Gasteiger partial charge in [-0.1, -0.05) is 6.92 Å². The molecule has 17 heavy (non-hydrogen) atoms. The molecule has 2 rings (SSSR count). The molecule has 94 valence electrons. The molecule has 0 aromatic heterocycles. The van der Waals surface area contributed by atoms with Crippen molar-refractivity contribution in [3.8, 4) is 0 Å². The monoisotopic (exact) mass is 236 g/mol. The number of hydrogen-bond acceptors (Lipinski definition) is 2. The van der Waals surface area contributed by atoms with Gasteiger partial charge in [0.1, 0.15) is 5.82 Å². The van der Waals surface area contributed by atoms with E-state index in [-0.39, 0.29) is 5.82 Å². The second kappa shape index (κ2) is 4.94. The van der Waals surface area contributed by atoms with E-state index in [4.69, 9.17) is 5.73 Å². The van der Waals surface area contributed by atoms with Gasteiger partial charge in [-0.25, -0.2) is 4.39 Å². The predicted octanol–water partition coefficient (Wildman–Crippen LogP) is 3.42. The van der Waals surface area contributed by atoms with E-state index >= 15 is 0 Å². The molecule has 0 saturated heterocycles. The van der Waals surface area contributed by atoms with Crippen LogP contribution in [0.4, 0.5) is 15.8 Å². The molecule has 1 saturated carbocycles. The van der Waals surface area contributed by atoms with Crippen LogP contribution < -0.4 is 10.6 Å². The third kappa shape index (κ3) is 2.71. The van der Waals surface area contributed by atoms with Crippen molar-refractivity contribution in [2.45, 2.75) is 38.6 Å². The number of rotatable bonds is 2. The molecule has 0 radical (unpaired) electrons. The summed E-state index contributed by atoms with van der Waals surface area (Å²) in [4.78, 5) is 2.21. The summed E-state index contributed by atoms with van der Waals surface area (Å²) in [7, 11) is 2.06. The lowest BCUT2D eigenvalue weighted by molar-refractivity contribution is 0.341. The van der Waals surface area contributed by atoms with Crippen LogP contribution in [0.25, 0.3) is 0 Å². The maximum Gasteiger partial charge on any atom is 0.125 e. The minimum Gasteiger partial charge on any atom is -0.397 e. The lowest BCUT2D eigenvalue weighted by Gasteiger charge is -2.35. The molecule has 0 spiro atoms. The van der Waals surface area contributed by atoms with Crippen LogP contribution >= 0.6 is 0 Å². The summed E-state index contributed by atoms with van der Waals surface area (Å²) in [5.74, 6) is 0.571. The topological polar surface area (TPSA) is 29.3 Å². The molecule has 1 aromatic carbocycles. The van der Waals surface area contributed by atoms with Gasteiger partial charge in [0.15, 0.2) is 0 Å². The van der Waals surface area contributed by atoms with Crippen LogP contribution in [-0.2, 0) is 0 Å². The molecular weight excluding hydrogens is 215 g/mol. The van der Waals surface area contributed by atoms with E-state index in [0.29, 0.717) is 11.7 Å². The van der Waals surface area contributed by atoms with Crippen LogP contribution in [0.15, 0.2) is 18.2 Å². The largest absolute Gasteiger partial charge is 0.397 e. The number of nitrogens with zero attached hydrogens (tertiary/aromatic N) is 1. The molecule has 0 aliphatic heterocycles. The first-order valence-corrected chi connectivity index (χ1v) is 6.36. The van der Waals surface area contributed by atoms with Gasteiger partial charge in [0.05, 0.1) is 11.4 Å². The van der Waals surface area contributed by atoms with Crippen LogP contribution in [0.2, 0.25) is 0 Å². The van der Waals surface area contributed by atoms with E-state index in [1.54, 1.807) is 6.07 Å². The van der Waals surface area contributed by atoms with Gasteiger partial charge in [-0.05, 0) is 49.8 Å². The standard InChI is InChI=1S/C14H21FN2/c1-10-3-6-12(7-4-10)17(2)14-8-5-11(15)9-13(14)16/h5,8-10,12H,3-4,6-7,16H2,1-2H3. The summed E-state index contributed by atoms with van der Waals surface area (Å²) in [6.45, 7) is 2.31. The van der Waals surface area contributed by atoms with E-state index in [9.17, 15) is 4.39 Å². The molecule has 1 fully saturated rings. The Morgan fingerprint density at radius 1 is 1.24 bits per heavy atom. The predicted molar refractivity (Wildman–Crippen MR) is 70.6 cm³/mol. The van der Waals surface area contributed by atoms with Crippen molar-refractivity contribution in [1.82, 2.24) is 0 Å². The number of nitrogen functional groups attached to an aromatic ring is 1. The Morgan fingerprint density at radius 3 is 2.47 bits per heavy atom. The molecule has 3 heteroatoms. The lowest BCUT2D eigenvalue weighted by Crippen LogP contribution is -2.35. The Balaban J connectivity index is 2.11. The molecule has 0 amide bonds. The Hall–Kier alpha value is -1.25. The summed E-state index contributed by atoms with van der Waals surface area (Å²) >= 11 is 0. The Morgan fingerprint density at radius 2 is 1.88 bits per heavy atom. The second-order valence-electron chi connectivity index (χ2n) is 5.23. The van der Waals surface area contributed by atoms with E-state index in [2.05, 4.69) is 18.9 Å². The maximum atomic E-state index is 13.0. The first-order valence-electron chi connectivity index (χ1n) is 6.36. The quantitative estimate of drug-likeness (QED) is 0.797. The average molecular weight is 236 g/mol. The highest BCUT2D eigenvalue weighted by molar-refractivity contribution is 5.67. The zero-order chi connectivity index (χ0) is 12.4. The van der Waals surface area contributed by atoms with Crippen LogP contribution in [0, 0.1) is 11.7 Å². The highest BCUT2D eigenvalue weighted by atomic mass is 19.1. The Kier molecular flexibility index (Phi) is 3.55. The smallest absolute Gasteiger partial charge is 0.125 e. The number of hydrogen-bond donors (Lipinski definition) is 1. The van der Waals surface area contributed by atoms with Crippen LogP contribution in [-0.4, -0.2) is 13.1 Å². The number of anilines is 2. The molecular formula is C14H21FN2. The third-order valence-electron chi connectivity index (χ3n) is 3.90. The fraction of sp³-hybridized carbons (Fsp3) is 0.571. The summed E-state index contributed by atoms with van der Waals surface area (Å²) < 4.78 is 13.0. The van der Waals surface area contributed by atoms with Crippen LogP contribution in [0.3, 0.4) is 0 Å². The normalized spacial score (nSPS) is 24.6. The minimum atomic E-state index is -0.267. The van der Waals surface area contributed by atoms with Gasteiger partial charge in [-0.2, -0.15) is 0 Å². The molecule has 0 atom stereocenters. The summed E-state index contributed by atoms with van der Waals surface area (Å²) in [6, 6.07) is 5.20. The fourth-order valence-electron chi connectivity index (χ4n) is 2.67. The van der Waals surface area contributed by atoms with Crippen molar-refractivity contribution in [3.05, 3.63) is 24.0 Å². The minimum absolute atomic E-state index is 0.267. The highest BCUT2D eigenvalue weighted by Crippen LogP contribution is 2.32. The second-order valence-corrected chi connectivity index (χ2v) is 5.23. The van der Waals surface area contributed by atoms with Crippen molar-refractivity contribution in [1.29, 1.82) is 0 Å². The van der Waals surface area contributed by atoms with Crippen molar-refractivity contribution in [3.63, 3.8) is 0 Å². The van der Waals surface area contributed by atoms with Gasteiger partial charge >= 0.3 is 0 Å².